The molecule has 0 saturated heterocycles. The van der Waals surface area contributed by atoms with E-state index in [1.54, 1.807) is 44.0 Å². The van der Waals surface area contributed by atoms with Crippen molar-refractivity contribution < 1.29 is 22.7 Å². The second kappa shape index (κ2) is 7.16. The number of hydrogen-bond acceptors (Lipinski definition) is 6. The standard InChI is InChI=1S/C18H18N2O5S2/c1-20-12-9-13(24-2)14(25-3)10-15(12)26-18(20)19-17(21)11-7-5-6-8-16(11)27(4,22)23/h5-10H,1-4H3. The Morgan fingerprint density at radius 2 is 1.74 bits per heavy atom. The Morgan fingerprint density at radius 1 is 1.11 bits per heavy atom. The molecule has 0 spiro atoms. The molecule has 27 heavy (non-hydrogen) atoms. The van der Waals surface area contributed by atoms with Crippen LogP contribution in [0.15, 0.2) is 46.3 Å². The van der Waals surface area contributed by atoms with Crippen LogP contribution in [0.3, 0.4) is 0 Å². The van der Waals surface area contributed by atoms with E-state index in [-0.39, 0.29) is 10.5 Å². The summed E-state index contributed by atoms with van der Waals surface area (Å²) in [6.45, 7) is 0. The summed E-state index contributed by atoms with van der Waals surface area (Å²) in [5.41, 5.74) is 0.869. The zero-order valence-electron chi connectivity index (χ0n) is 15.2. The van der Waals surface area contributed by atoms with Crippen molar-refractivity contribution in [3.8, 4) is 11.5 Å². The van der Waals surface area contributed by atoms with Crippen LogP contribution < -0.4 is 14.3 Å². The average Bonchev–Trinajstić information content (AvgIpc) is 2.94. The van der Waals surface area contributed by atoms with Crippen LogP contribution in [0, 0.1) is 0 Å². The van der Waals surface area contributed by atoms with Crippen molar-refractivity contribution in [3.05, 3.63) is 46.8 Å². The molecule has 0 aliphatic rings. The van der Waals surface area contributed by atoms with E-state index in [4.69, 9.17) is 9.47 Å². The number of ether oxygens (including phenoxy) is 2. The van der Waals surface area contributed by atoms with Gasteiger partial charge in [-0.2, -0.15) is 4.99 Å². The Kier molecular flexibility index (Phi) is 5.07. The number of rotatable bonds is 4. The van der Waals surface area contributed by atoms with E-state index in [0.717, 1.165) is 16.5 Å². The number of sulfone groups is 1. The monoisotopic (exact) mass is 406 g/mol. The fraction of sp³-hybridized carbons (Fsp3) is 0.222. The second-order valence-electron chi connectivity index (χ2n) is 5.80. The highest BCUT2D eigenvalue weighted by Gasteiger charge is 2.18. The lowest BCUT2D eigenvalue weighted by Gasteiger charge is -2.07. The van der Waals surface area contributed by atoms with Gasteiger partial charge in [0.1, 0.15) is 0 Å². The lowest BCUT2D eigenvalue weighted by atomic mass is 10.2. The Hall–Kier alpha value is -2.65. The summed E-state index contributed by atoms with van der Waals surface area (Å²) in [5, 5.41) is 0. The van der Waals surface area contributed by atoms with E-state index in [2.05, 4.69) is 4.99 Å². The van der Waals surface area contributed by atoms with Crippen molar-refractivity contribution in [2.24, 2.45) is 12.0 Å². The van der Waals surface area contributed by atoms with E-state index < -0.39 is 15.7 Å². The number of methoxy groups -OCH3 is 2. The minimum Gasteiger partial charge on any atom is -0.493 e. The Morgan fingerprint density at radius 3 is 2.37 bits per heavy atom. The number of aryl methyl sites for hydroxylation is 1. The first-order chi connectivity index (χ1) is 12.8. The zero-order valence-corrected chi connectivity index (χ0v) is 16.8. The van der Waals surface area contributed by atoms with Crippen LogP contribution >= 0.6 is 11.3 Å². The largest absolute Gasteiger partial charge is 0.493 e. The van der Waals surface area contributed by atoms with Gasteiger partial charge in [-0.15, -0.1) is 0 Å². The molecule has 7 nitrogen and oxygen atoms in total. The predicted octanol–water partition coefficient (Wildman–Crippen LogP) is 2.40. The van der Waals surface area contributed by atoms with Gasteiger partial charge in [-0.1, -0.05) is 23.5 Å². The van der Waals surface area contributed by atoms with Gasteiger partial charge in [0, 0.05) is 25.4 Å². The van der Waals surface area contributed by atoms with Crippen LogP contribution in [0.2, 0.25) is 0 Å². The first-order valence-electron chi connectivity index (χ1n) is 7.86. The molecule has 3 aromatic rings. The van der Waals surface area contributed by atoms with Crippen LogP contribution in [0.5, 0.6) is 11.5 Å². The summed E-state index contributed by atoms with van der Waals surface area (Å²) in [7, 11) is 1.33. The SMILES string of the molecule is COc1cc2sc(=NC(=O)c3ccccc3S(C)(=O)=O)n(C)c2cc1OC. The highest BCUT2D eigenvalue weighted by atomic mass is 32.2. The molecule has 0 atom stereocenters. The summed E-state index contributed by atoms with van der Waals surface area (Å²) < 4.78 is 37.1. The predicted molar refractivity (Wildman–Crippen MR) is 103 cm³/mol. The van der Waals surface area contributed by atoms with Crippen molar-refractivity contribution in [2.75, 3.05) is 20.5 Å². The molecular weight excluding hydrogens is 388 g/mol. The minimum absolute atomic E-state index is 0.0362. The maximum atomic E-state index is 12.7. The topological polar surface area (TPSA) is 87.0 Å². The molecule has 142 valence electrons. The molecule has 0 N–H and O–H groups in total. The van der Waals surface area contributed by atoms with Gasteiger partial charge in [-0.25, -0.2) is 8.42 Å². The van der Waals surface area contributed by atoms with E-state index in [1.165, 1.54) is 23.5 Å². The van der Waals surface area contributed by atoms with Crippen LogP contribution in [-0.2, 0) is 16.9 Å². The lowest BCUT2D eigenvalue weighted by molar-refractivity contribution is 0.0995. The van der Waals surface area contributed by atoms with Crippen LogP contribution in [0.1, 0.15) is 10.4 Å². The fourth-order valence-corrected chi connectivity index (χ4v) is 4.58. The summed E-state index contributed by atoms with van der Waals surface area (Å²) in [4.78, 5) is 17.2. The molecule has 1 aromatic heterocycles. The number of hydrogen-bond donors (Lipinski definition) is 0. The quantitative estimate of drug-likeness (QED) is 0.664. The molecule has 0 radical (unpaired) electrons. The van der Waals surface area contributed by atoms with Crippen molar-refractivity contribution in [1.82, 2.24) is 4.57 Å². The lowest BCUT2D eigenvalue weighted by Crippen LogP contribution is -2.15. The first kappa shape index (κ1) is 19.1. The van der Waals surface area contributed by atoms with Crippen molar-refractivity contribution in [1.29, 1.82) is 0 Å². The van der Waals surface area contributed by atoms with Gasteiger partial charge in [0.05, 0.1) is 34.9 Å². The van der Waals surface area contributed by atoms with Gasteiger partial charge in [0.25, 0.3) is 5.91 Å². The summed E-state index contributed by atoms with van der Waals surface area (Å²) >= 11 is 1.30. The normalized spacial score (nSPS) is 12.4. The Bertz CT molecular complexity index is 1210. The van der Waals surface area contributed by atoms with Crippen molar-refractivity contribution in [3.63, 3.8) is 0 Å². The fourth-order valence-electron chi connectivity index (χ4n) is 2.67. The van der Waals surface area contributed by atoms with E-state index >= 15 is 0 Å². The molecule has 9 heteroatoms. The number of amides is 1. The van der Waals surface area contributed by atoms with Gasteiger partial charge < -0.3 is 14.0 Å². The first-order valence-corrected chi connectivity index (χ1v) is 10.6. The van der Waals surface area contributed by atoms with Crippen LogP contribution in [0.4, 0.5) is 0 Å². The number of aromatic nitrogens is 1. The van der Waals surface area contributed by atoms with Gasteiger partial charge >= 0.3 is 0 Å². The molecule has 0 aliphatic carbocycles. The Balaban J connectivity index is 2.17. The van der Waals surface area contributed by atoms with Crippen LogP contribution in [-0.4, -0.2) is 39.4 Å². The molecule has 0 aliphatic heterocycles. The molecule has 0 unspecified atom stereocenters. The minimum atomic E-state index is -3.54. The highest BCUT2D eigenvalue weighted by Crippen LogP contribution is 2.33. The molecule has 0 saturated carbocycles. The smallest absolute Gasteiger partial charge is 0.280 e. The van der Waals surface area contributed by atoms with E-state index in [9.17, 15) is 13.2 Å². The molecule has 0 fully saturated rings. The summed E-state index contributed by atoms with van der Waals surface area (Å²) in [6, 6.07) is 9.66. The summed E-state index contributed by atoms with van der Waals surface area (Å²) in [6.07, 6.45) is 1.07. The third kappa shape index (κ3) is 3.60. The number of carbonyl (C=O) groups is 1. The molecule has 1 heterocycles. The molecule has 0 bridgehead atoms. The van der Waals surface area contributed by atoms with Gasteiger partial charge in [0.15, 0.2) is 26.1 Å². The molecule has 3 rings (SSSR count). The number of benzene rings is 2. The number of carbonyl (C=O) groups excluding carboxylic acids is 1. The third-order valence-corrected chi connectivity index (χ3v) is 6.28. The Labute approximate surface area is 160 Å². The number of fused-ring (bicyclic) bond motifs is 1. The highest BCUT2D eigenvalue weighted by molar-refractivity contribution is 7.90. The number of thiazole rings is 1. The van der Waals surface area contributed by atoms with Crippen molar-refractivity contribution >= 4 is 37.3 Å². The van der Waals surface area contributed by atoms with E-state index in [1.807, 2.05) is 6.07 Å². The van der Waals surface area contributed by atoms with Gasteiger partial charge in [0.2, 0.25) is 0 Å². The maximum absolute atomic E-state index is 12.7. The molecule has 1 amide bonds. The van der Waals surface area contributed by atoms with E-state index in [0.29, 0.717) is 16.3 Å². The van der Waals surface area contributed by atoms with Gasteiger partial charge in [-0.3, -0.25) is 4.79 Å². The zero-order chi connectivity index (χ0) is 19.8. The third-order valence-electron chi connectivity index (χ3n) is 4.03. The number of nitrogens with zero attached hydrogens (tertiary/aromatic N) is 2. The van der Waals surface area contributed by atoms with Crippen molar-refractivity contribution in [2.45, 2.75) is 4.90 Å². The van der Waals surface area contributed by atoms with Gasteiger partial charge in [-0.05, 0) is 12.1 Å². The van der Waals surface area contributed by atoms with Crippen LogP contribution in [0.25, 0.3) is 10.2 Å². The molecular formula is C18H18N2O5S2. The summed E-state index contributed by atoms with van der Waals surface area (Å²) in [5.74, 6) is 0.531. The average molecular weight is 406 g/mol. The maximum Gasteiger partial charge on any atom is 0.280 e. The molecule has 2 aromatic carbocycles. The second-order valence-corrected chi connectivity index (χ2v) is 8.80.